The monoisotopic (exact) mass is 626 g/mol. The highest BCUT2D eigenvalue weighted by molar-refractivity contribution is 6.45. The summed E-state index contributed by atoms with van der Waals surface area (Å²) >= 11 is 18.5. The first-order chi connectivity index (χ1) is 20.1. The summed E-state index contributed by atoms with van der Waals surface area (Å²) in [7, 11) is 1.31. The number of esters is 1. The molecule has 4 aromatic carbocycles. The number of hydrogen-bond acceptors (Lipinski definition) is 8. The summed E-state index contributed by atoms with van der Waals surface area (Å²) in [6, 6.07) is 17.5. The van der Waals surface area contributed by atoms with Crippen molar-refractivity contribution < 1.29 is 33.5 Å². The number of halogens is 3. The number of rotatable bonds is 8. The third-order valence-corrected chi connectivity index (χ3v) is 7.23. The molecule has 13 heteroatoms. The molecule has 0 aromatic heterocycles. The van der Waals surface area contributed by atoms with Gasteiger partial charge in [-0.25, -0.2) is 9.69 Å². The smallest absolute Gasteiger partial charge is 0.342 e. The third-order valence-electron chi connectivity index (χ3n) is 6.21. The van der Waals surface area contributed by atoms with Gasteiger partial charge in [-0.2, -0.15) is 0 Å². The molecular weight excluding hydrogens is 611 g/mol. The topological polar surface area (TPSA) is 125 Å². The number of anilines is 1. The molecule has 0 saturated carbocycles. The zero-order valence-electron chi connectivity index (χ0n) is 21.4. The van der Waals surface area contributed by atoms with Gasteiger partial charge >= 0.3 is 5.97 Å². The number of carbonyl (C=O) groups excluding carboxylic acids is 3. The summed E-state index contributed by atoms with van der Waals surface area (Å²) in [5, 5.41) is 11.0. The SMILES string of the molecule is COc1cc(N2C(=O)c3cc(Cl)c(Cl)cc3C2=O)c(Cl)cc1C(=O)OCc1cccc(Oc2ccc([N+](=O)[O-])cc2)c1. The second-order valence-corrected chi connectivity index (χ2v) is 10.1. The number of nitro benzene ring substituents is 1. The van der Waals surface area contributed by atoms with Crippen LogP contribution in [-0.4, -0.2) is 29.8 Å². The standard InChI is InChI=1S/C29H17Cl3N2O8/c1-40-26-13-25(33-27(35)19-10-22(30)23(31)11-20(19)28(33)36)24(32)12-21(26)29(37)41-14-15-3-2-4-18(9-15)42-17-7-5-16(6-8-17)34(38)39/h2-13H,14H2,1H3. The van der Waals surface area contributed by atoms with E-state index in [-0.39, 0.29) is 55.5 Å². The van der Waals surface area contributed by atoms with Crippen LogP contribution < -0.4 is 14.4 Å². The Bertz CT molecular complexity index is 1730. The van der Waals surface area contributed by atoms with E-state index in [2.05, 4.69) is 0 Å². The molecule has 0 radical (unpaired) electrons. The molecule has 0 aliphatic carbocycles. The highest BCUT2D eigenvalue weighted by Crippen LogP contribution is 2.40. The number of non-ortho nitro benzene ring substituents is 1. The number of carbonyl (C=O) groups is 3. The van der Waals surface area contributed by atoms with Crippen LogP contribution in [0.3, 0.4) is 0 Å². The third kappa shape index (κ3) is 5.60. The van der Waals surface area contributed by atoms with Crippen molar-refractivity contribution in [2.24, 2.45) is 0 Å². The molecule has 10 nitrogen and oxygen atoms in total. The number of imide groups is 1. The molecule has 0 bridgehead atoms. The lowest BCUT2D eigenvalue weighted by Crippen LogP contribution is -2.29. The molecule has 0 unspecified atom stereocenters. The van der Waals surface area contributed by atoms with E-state index in [0.717, 1.165) is 4.90 Å². The summed E-state index contributed by atoms with van der Waals surface area (Å²) < 4.78 is 16.6. The summed E-state index contributed by atoms with van der Waals surface area (Å²) in [5.41, 5.74) is 0.616. The average Bonchev–Trinajstić information content (AvgIpc) is 3.20. The molecule has 0 atom stereocenters. The van der Waals surface area contributed by atoms with E-state index in [1.807, 2.05) is 0 Å². The van der Waals surface area contributed by atoms with Gasteiger partial charge in [0.2, 0.25) is 0 Å². The van der Waals surface area contributed by atoms with Gasteiger partial charge in [0.15, 0.2) is 0 Å². The van der Waals surface area contributed by atoms with E-state index in [1.54, 1.807) is 24.3 Å². The van der Waals surface area contributed by atoms with E-state index in [4.69, 9.17) is 49.0 Å². The molecule has 2 amide bonds. The van der Waals surface area contributed by atoms with Crippen LogP contribution in [0, 0.1) is 10.1 Å². The van der Waals surface area contributed by atoms with Crippen LogP contribution in [-0.2, 0) is 11.3 Å². The Kier molecular flexibility index (Phi) is 8.04. The van der Waals surface area contributed by atoms with Gasteiger partial charge in [0.1, 0.15) is 29.4 Å². The number of methoxy groups -OCH3 is 1. The summed E-state index contributed by atoms with van der Waals surface area (Å²) in [4.78, 5) is 50.3. The maximum Gasteiger partial charge on any atom is 0.342 e. The summed E-state index contributed by atoms with van der Waals surface area (Å²) in [5.74, 6) is -1.28. The first-order valence-corrected chi connectivity index (χ1v) is 13.1. The van der Waals surface area contributed by atoms with Gasteiger partial charge in [-0.3, -0.25) is 19.7 Å². The molecule has 0 spiro atoms. The molecule has 0 fully saturated rings. The Hall–Kier alpha value is -4.64. The van der Waals surface area contributed by atoms with Gasteiger partial charge in [-0.1, -0.05) is 46.9 Å². The van der Waals surface area contributed by atoms with E-state index < -0.39 is 22.7 Å². The lowest BCUT2D eigenvalue weighted by atomic mass is 10.1. The van der Waals surface area contributed by atoms with Crippen LogP contribution in [0.2, 0.25) is 15.1 Å². The van der Waals surface area contributed by atoms with Gasteiger partial charge in [0.25, 0.3) is 17.5 Å². The minimum atomic E-state index is -0.775. The molecule has 5 rings (SSSR count). The van der Waals surface area contributed by atoms with Crippen LogP contribution in [0.1, 0.15) is 36.6 Å². The van der Waals surface area contributed by atoms with Gasteiger partial charge in [-0.05, 0) is 48.0 Å². The largest absolute Gasteiger partial charge is 0.496 e. The fourth-order valence-electron chi connectivity index (χ4n) is 4.19. The summed E-state index contributed by atoms with van der Waals surface area (Å²) in [6.45, 7) is -0.140. The predicted molar refractivity (Wildman–Crippen MR) is 154 cm³/mol. The highest BCUT2D eigenvalue weighted by Gasteiger charge is 2.39. The lowest BCUT2D eigenvalue weighted by Gasteiger charge is -2.18. The second-order valence-electron chi connectivity index (χ2n) is 8.84. The van der Waals surface area contributed by atoms with Gasteiger partial charge < -0.3 is 14.2 Å². The van der Waals surface area contributed by atoms with Crippen molar-refractivity contribution >= 4 is 64.0 Å². The Balaban J connectivity index is 1.32. The van der Waals surface area contributed by atoms with Crippen LogP contribution in [0.4, 0.5) is 11.4 Å². The van der Waals surface area contributed by atoms with Crippen LogP contribution in [0.5, 0.6) is 17.2 Å². The maximum atomic E-state index is 13.1. The minimum absolute atomic E-state index is 0.000365. The minimum Gasteiger partial charge on any atom is -0.496 e. The lowest BCUT2D eigenvalue weighted by molar-refractivity contribution is -0.384. The highest BCUT2D eigenvalue weighted by atomic mass is 35.5. The van der Waals surface area contributed by atoms with Crippen molar-refractivity contribution in [3.63, 3.8) is 0 Å². The molecule has 212 valence electrons. The first kappa shape index (κ1) is 28.9. The number of amides is 2. The van der Waals surface area contributed by atoms with Crippen molar-refractivity contribution in [3.05, 3.63) is 120 Å². The molecule has 1 aliphatic rings. The normalized spacial score (nSPS) is 12.2. The number of fused-ring (bicyclic) bond motifs is 1. The van der Waals surface area contributed by atoms with Crippen molar-refractivity contribution in [2.45, 2.75) is 6.61 Å². The van der Waals surface area contributed by atoms with Gasteiger partial charge in [0.05, 0.1) is 43.9 Å². The van der Waals surface area contributed by atoms with Crippen molar-refractivity contribution in [1.29, 1.82) is 0 Å². The van der Waals surface area contributed by atoms with Gasteiger partial charge in [0, 0.05) is 18.2 Å². The Labute approximate surface area is 253 Å². The summed E-state index contributed by atoms with van der Waals surface area (Å²) in [6.07, 6.45) is 0. The molecule has 42 heavy (non-hydrogen) atoms. The number of ether oxygens (including phenoxy) is 3. The quantitative estimate of drug-likeness (QED) is 0.0850. The predicted octanol–water partition coefficient (Wildman–Crippen LogP) is 7.51. The van der Waals surface area contributed by atoms with Crippen molar-refractivity contribution in [3.8, 4) is 17.2 Å². The number of hydrogen-bond donors (Lipinski definition) is 0. The fraction of sp³-hybridized carbons (Fsp3) is 0.0690. The van der Waals surface area contributed by atoms with E-state index in [0.29, 0.717) is 17.1 Å². The zero-order chi connectivity index (χ0) is 30.1. The molecule has 4 aromatic rings. The fourth-order valence-corrected chi connectivity index (χ4v) is 4.77. The Morgan fingerprint density at radius 3 is 2.10 bits per heavy atom. The number of nitrogens with zero attached hydrogens (tertiary/aromatic N) is 2. The van der Waals surface area contributed by atoms with E-state index in [1.165, 1.54) is 55.6 Å². The molecular formula is C29H17Cl3N2O8. The van der Waals surface area contributed by atoms with E-state index in [9.17, 15) is 24.5 Å². The van der Waals surface area contributed by atoms with Crippen molar-refractivity contribution in [2.75, 3.05) is 12.0 Å². The van der Waals surface area contributed by atoms with Crippen molar-refractivity contribution in [1.82, 2.24) is 0 Å². The van der Waals surface area contributed by atoms with Crippen LogP contribution in [0.25, 0.3) is 0 Å². The molecule has 1 heterocycles. The number of nitro groups is 1. The molecule has 0 N–H and O–H groups in total. The Morgan fingerprint density at radius 2 is 1.50 bits per heavy atom. The van der Waals surface area contributed by atoms with Crippen LogP contribution >= 0.6 is 34.8 Å². The van der Waals surface area contributed by atoms with Gasteiger partial charge in [-0.15, -0.1) is 0 Å². The zero-order valence-corrected chi connectivity index (χ0v) is 23.7. The van der Waals surface area contributed by atoms with E-state index >= 15 is 0 Å². The average molecular weight is 628 g/mol. The second kappa shape index (κ2) is 11.7. The number of benzene rings is 4. The first-order valence-electron chi connectivity index (χ1n) is 12.0. The van der Waals surface area contributed by atoms with Crippen LogP contribution in [0.15, 0.2) is 72.8 Å². The molecule has 0 saturated heterocycles. The Morgan fingerprint density at radius 1 is 0.857 bits per heavy atom. The molecule has 1 aliphatic heterocycles. The maximum absolute atomic E-state index is 13.1.